The molecule has 1 aliphatic carbocycles. The molecule has 10 nitrogen and oxygen atoms in total. The lowest BCUT2D eigenvalue weighted by molar-refractivity contribution is -0.118. The fourth-order valence-corrected chi connectivity index (χ4v) is 4.53. The minimum Gasteiger partial charge on any atom is -0.482 e. The molecule has 34 heavy (non-hydrogen) atoms. The Balaban J connectivity index is 0.000000868. The van der Waals surface area contributed by atoms with Gasteiger partial charge in [0.25, 0.3) is 11.8 Å². The number of anilines is 1. The van der Waals surface area contributed by atoms with E-state index < -0.39 is 0 Å². The van der Waals surface area contributed by atoms with Crippen LogP contribution in [0.25, 0.3) is 11.0 Å². The molecule has 0 atom stereocenters. The molecule has 178 valence electrons. The third-order valence-electron chi connectivity index (χ3n) is 6.12. The van der Waals surface area contributed by atoms with E-state index >= 15 is 0 Å². The molecule has 10 heteroatoms. The smallest absolute Gasteiger partial charge is 0.272 e. The van der Waals surface area contributed by atoms with E-state index in [1.165, 1.54) is 38.4 Å². The van der Waals surface area contributed by atoms with Gasteiger partial charge in [-0.2, -0.15) is 0 Å². The summed E-state index contributed by atoms with van der Waals surface area (Å²) >= 11 is 0. The summed E-state index contributed by atoms with van der Waals surface area (Å²) in [4.78, 5) is 44.9. The van der Waals surface area contributed by atoms with Crippen LogP contribution in [0.1, 0.15) is 53.7 Å². The average Bonchev–Trinajstić information content (AvgIpc) is 3.26. The first kappa shape index (κ1) is 23.2. The highest BCUT2D eigenvalue weighted by Crippen LogP contribution is 2.30. The largest absolute Gasteiger partial charge is 0.482 e. The summed E-state index contributed by atoms with van der Waals surface area (Å²) in [6.45, 7) is 0.328. The maximum atomic E-state index is 12.9. The number of amides is 3. The molecule has 3 amide bonds. The minimum atomic E-state index is -0.267. The van der Waals surface area contributed by atoms with E-state index in [0.717, 1.165) is 23.1 Å². The van der Waals surface area contributed by atoms with Gasteiger partial charge in [-0.15, -0.1) is 0 Å². The Morgan fingerprint density at radius 3 is 2.82 bits per heavy atom. The molecular formula is C24H28N6O4. The van der Waals surface area contributed by atoms with Crippen LogP contribution >= 0.6 is 0 Å². The van der Waals surface area contributed by atoms with Crippen LogP contribution in [-0.4, -0.2) is 39.8 Å². The van der Waals surface area contributed by atoms with Gasteiger partial charge in [-0.25, -0.2) is 9.97 Å². The van der Waals surface area contributed by atoms with E-state index in [1.54, 1.807) is 12.1 Å². The first-order valence-electron chi connectivity index (χ1n) is 11.4. The van der Waals surface area contributed by atoms with E-state index in [2.05, 4.69) is 31.3 Å². The molecule has 1 aliphatic heterocycles. The van der Waals surface area contributed by atoms with Crippen molar-refractivity contribution < 1.29 is 19.1 Å². The molecule has 1 aromatic carbocycles. The Morgan fingerprint density at radius 2 is 2.03 bits per heavy atom. The number of hydrogen-bond donors (Lipinski definition) is 4. The Bertz CT molecular complexity index is 1190. The number of nitrogens with zero attached hydrogens (tertiary/aromatic N) is 2. The molecule has 2 aromatic heterocycles. The number of carbonyl (C=O) groups excluding carboxylic acids is 3. The molecule has 1 saturated carbocycles. The molecule has 3 heterocycles. The van der Waals surface area contributed by atoms with Crippen LogP contribution in [0.3, 0.4) is 0 Å². The maximum absolute atomic E-state index is 12.9. The Labute approximate surface area is 196 Å². The molecule has 0 radical (unpaired) electrons. The van der Waals surface area contributed by atoms with Gasteiger partial charge in [0.05, 0.1) is 16.7 Å². The lowest BCUT2D eigenvalue weighted by atomic mass is 9.85. The molecule has 0 unspecified atom stereocenters. The van der Waals surface area contributed by atoms with Gasteiger partial charge in [-0.1, -0.05) is 38.2 Å². The Kier molecular flexibility index (Phi) is 7.36. The molecule has 1 fully saturated rings. The van der Waals surface area contributed by atoms with Crippen molar-refractivity contribution in [1.82, 2.24) is 20.3 Å². The van der Waals surface area contributed by atoms with Crippen LogP contribution < -0.4 is 21.1 Å². The highest BCUT2D eigenvalue weighted by Gasteiger charge is 2.20. The maximum Gasteiger partial charge on any atom is 0.272 e. The summed E-state index contributed by atoms with van der Waals surface area (Å²) in [6.07, 6.45) is 11.1. The van der Waals surface area contributed by atoms with Crippen LogP contribution in [0.2, 0.25) is 0 Å². The molecule has 0 bridgehead atoms. The molecule has 0 saturated heterocycles. The molecular weight excluding hydrogens is 436 g/mol. The number of ether oxygens (including phenoxy) is 1. The zero-order chi connectivity index (χ0) is 23.9. The number of primary amides is 1. The predicted octanol–water partition coefficient (Wildman–Crippen LogP) is 2.44. The number of nitrogens with two attached hydrogens (primary N) is 1. The SMILES string of the molecule is NC=O.O=C1COc2ccc(CNC(=O)c3ncnc4c(CC5CCCCC5)c[nH]c34)cc2N1. The highest BCUT2D eigenvalue weighted by molar-refractivity contribution is 6.03. The lowest BCUT2D eigenvalue weighted by Crippen LogP contribution is -2.26. The van der Waals surface area contributed by atoms with Gasteiger partial charge in [0.15, 0.2) is 12.3 Å². The zero-order valence-electron chi connectivity index (χ0n) is 18.8. The number of rotatable bonds is 5. The Hall–Kier alpha value is -3.95. The van der Waals surface area contributed by atoms with Crippen LogP contribution in [0.15, 0.2) is 30.7 Å². The number of fused-ring (bicyclic) bond motifs is 2. The molecule has 0 spiro atoms. The van der Waals surface area contributed by atoms with E-state index in [4.69, 9.17) is 9.53 Å². The van der Waals surface area contributed by atoms with E-state index in [0.29, 0.717) is 35.1 Å². The summed E-state index contributed by atoms with van der Waals surface area (Å²) in [5.41, 5.74) is 8.64. The van der Waals surface area contributed by atoms with Gasteiger partial charge in [-0.05, 0) is 35.6 Å². The van der Waals surface area contributed by atoms with Crippen molar-refractivity contribution in [1.29, 1.82) is 0 Å². The quantitative estimate of drug-likeness (QED) is 0.426. The van der Waals surface area contributed by atoms with Crippen molar-refractivity contribution in [3.8, 4) is 5.75 Å². The van der Waals surface area contributed by atoms with Crippen molar-refractivity contribution in [3.63, 3.8) is 0 Å². The molecule has 5 N–H and O–H groups in total. The van der Waals surface area contributed by atoms with Gasteiger partial charge < -0.3 is 26.1 Å². The number of nitrogens with one attached hydrogen (secondary N) is 3. The van der Waals surface area contributed by atoms with E-state index in [9.17, 15) is 9.59 Å². The van der Waals surface area contributed by atoms with Crippen LogP contribution in [-0.2, 0) is 22.6 Å². The third-order valence-corrected chi connectivity index (χ3v) is 6.12. The fourth-order valence-electron chi connectivity index (χ4n) is 4.53. The average molecular weight is 465 g/mol. The molecule has 3 aromatic rings. The Morgan fingerprint density at radius 1 is 1.24 bits per heavy atom. The first-order chi connectivity index (χ1) is 16.6. The topological polar surface area (TPSA) is 152 Å². The summed E-state index contributed by atoms with van der Waals surface area (Å²) < 4.78 is 5.37. The zero-order valence-corrected chi connectivity index (χ0v) is 18.8. The summed E-state index contributed by atoms with van der Waals surface area (Å²) in [7, 11) is 0. The van der Waals surface area contributed by atoms with Crippen LogP contribution in [0.5, 0.6) is 5.75 Å². The summed E-state index contributed by atoms with van der Waals surface area (Å²) in [5.74, 6) is 0.863. The van der Waals surface area contributed by atoms with E-state index in [1.807, 2.05) is 12.3 Å². The fraction of sp³-hybridized carbons (Fsp3) is 0.375. The second kappa shape index (κ2) is 10.8. The predicted molar refractivity (Wildman–Crippen MR) is 126 cm³/mol. The van der Waals surface area contributed by atoms with Crippen LogP contribution in [0, 0.1) is 5.92 Å². The number of aromatic amines is 1. The van der Waals surface area contributed by atoms with Gasteiger partial charge >= 0.3 is 0 Å². The lowest BCUT2D eigenvalue weighted by Gasteiger charge is -2.20. The number of aromatic nitrogens is 3. The first-order valence-corrected chi connectivity index (χ1v) is 11.4. The molecule has 2 aliphatic rings. The second-order valence-electron chi connectivity index (χ2n) is 8.45. The number of hydrogen-bond acceptors (Lipinski definition) is 6. The van der Waals surface area contributed by atoms with E-state index in [-0.39, 0.29) is 24.8 Å². The monoisotopic (exact) mass is 464 g/mol. The van der Waals surface area contributed by atoms with Crippen LogP contribution in [0.4, 0.5) is 5.69 Å². The van der Waals surface area contributed by atoms with Crippen molar-refractivity contribution >= 4 is 34.9 Å². The highest BCUT2D eigenvalue weighted by atomic mass is 16.5. The number of benzene rings is 1. The molecule has 5 rings (SSSR count). The summed E-state index contributed by atoms with van der Waals surface area (Å²) in [5, 5.41) is 5.69. The van der Waals surface area contributed by atoms with Gasteiger partial charge in [-0.3, -0.25) is 14.4 Å². The standard InChI is InChI=1S/C23H25N5O3.CH3NO/c29-19-12-31-18-7-6-15(9-17(18)28-19)10-25-23(30)22-21-20(26-13-27-22)16(11-24-21)8-14-4-2-1-3-5-14;2-1-3/h6-7,9,11,13-14,24H,1-5,8,10,12H2,(H,25,30)(H,28,29);1H,(H2,2,3). The third kappa shape index (κ3) is 5.33. The van der Waals surface area contributed by atoms with Gasteiger partial charge in [0.2, 0.25) is 6.41 Å². The van der Waals surface area contributed by atoms with Gasteiger partial charge in [0.1, 0.15) is 12.1 Å². The second-order valence-corrected chi connectivity index (χ2v) is 8.45. The van der Waals surface area contributed by atoms with Crippen molar-refractivity contribution in [2.75, 3.05) is 11.9 Å². The number of carbonyl (C=O) groups is 3. The minimum absolute atomic E-state index is 0.0195. The summed E-state index contributed by atoms with van der Waals surface area (Å²) in [6, 6.07) is 5.46. The van der Waals surface area contributed by atoms with Gasteiger partial charge in [0, 0.05) is 12.7 Å². The van der Waals surface area contributed by atoms with Crippen molar-refractivity contribution in [3.05, 3.63) is 47.5 Å². The van der Waals surface area contributed by atoms with Crippen molar-refractivity contribution in [2.24, 2.45) is 11.7 Å². The van der Waals surface area contributed by atoms with Crippen molar-refractivity contribution in [2.45, 2.75) is 45.1 Å². The normalized spacial score (nSPS) is 15.4. The number of H-pyrrole nitrogens is 1.